The zero-order valence-corrected chi connectivity index (χ0v) is 10.3. The first-order valence-corrected chi connectivity index (χ1v) is 6.21. The summed E-state index contributed by atoms with van der Waals surface area (Å²) in [5.41, 5.74) is 0. The molecule has 0 spiro atoms. The van der Waals surface area contributed by atoms with E-state index in [2.05, 4.69) is 18.8 Å². The van der Waals surface area contributed by atoms with Crippen molar-refractivity contribution in [1.82, 2.24) is 4.98 Å². The average molecular weight is 229 g/mol. The topological polar surface area (TPSA) is 42.4 Å². The number of aliphatic hydroxyl groups excluding tert-OH is 1. The highest BCUT2D eigenvalue weighted by molar-refractivity contribution is 7.09. The zero-order valence-electron chi connectivity index (χ0n) is 9.51. The van der Waals surface area contributed by atoms with Crippen molar-refractivity contribution in [2.45, 2.75) is 39.4 Å². The van der Waals surface area contributed by atoms with Crippen molar-refractivity contribution in [3.63, 3.8) is 0 Å². The molecule has 0 aliphatic rings. The van der Waals surface area contributed by atoms with Crippen LogP contribution in [0.15, 0.2) is 11.6 Å². The number of hydrogen-bond donors (Lipinski definition) is 1. The number of thiazole rings is 1. The Kier molecular flexibility index (Phi) is 5.22. The molecule has 0 saturated carbocycles. The maximum atomic E-state index is 10.0. The third kappa shape index (κ3) is 3.89. The highest BCUT2D eigenvalue weighted by Gasteiger charge is 2.23. The predicted molar refractivity (Wildman–Crippen MR) is 62.1 cm³/mol. The van der Waals surface area contributed by atoms with Gasteiger partial charge in [0.2, 0.25) is 0 Å². The molecule has 86 valence electrons. The van der Waals surface area contributed by atoms with Crippen molar-refractivity contribution in [3.8, 4) is 0 Å². The molecule has 0 aliphatic heterocycles. The van der Waals surface area contributed by atoms with Crippen LogP contribution in [0.2, 0.25) is 0 Å². The summed E-state index contributed by atoms with van der Waals surface area (Å²) in [5.74, 6) is 0.319. The Bertz CT molecular complexity index is 262. The number of ether oxygens (including phenoxy) is 1. The third-order valence-corrected chi connectivity index (χ3v) is 3.06. The Morgan fingerprint density at radius 3 is 2.73 bits per heavy atom. The van der Waals surface area contributed by atoms with Gasteiger partial charge >= 0.3 is 0 Å². The number of aromatic nitrogens is 1. The lowest BCUT2D eigenvalue weighted by Gasteiger charge is -2.25. The lowest BCUT2D eigenvalue weighted by Crippen LogP contribution is -2.35. The van der Waals surface area contributed by atoms with E-state index in [1.165, 1.54) is 0 Å². The van der Waals surface area contributed by atoms with Gasteiger partial charge in [-0.2, -0.15) is 0 Å². The van der Waals surface area contributed by atoms with E-state index in [1.807, 2.05) is 12.3 Å². The Morgan fingerprint density at radius 1 is 1.53 bits per heavy atom. The summed E-state index contributed by atoms with van der Waals surface area (Å²) < 4.78 is 5.54. The summed E-state index contributed by atoms with van der Waals surface area (Å²) in [5, 5.41) is 12.9. The van der Waals surface area contributed by atoms with Crippen LogP contribution in [0.5, 0.6) is 0 Å². The average Bonchev–Trinajstić information content (AvgIpc) is 2.65. The van der Waals surface area contributed by atoms with Gasteiger partial charge in [-0.1, -0.05) is 13.8 Å². The molecule has 4 heteroatoms. The maximum Gasteiger partial charge on any atom is 0.0951 e. The highest BCUT2D eigenvalue weighted by Crippen LogP contribution is 2.16. The number of rotatable bonds is 6. The quantitative estimate of drug-likeness (QED) is 0.812. The van der Waals surface area contributed by atoms with Crippen LogP contribution in [-0.4, -0.2) is 28.9 Å². The van der Waals surface area contributed by atoms with Crippen LogP contribution in [0.3, 0.4) is 0 Å². The van der Waals surface area contributed by atoms with Gasteiger partial charge in [-0.05, 0) is 12.8 Å². The molecule has 0 aromatic carbocycles. The molecule has 2 atom stereocenters. The van der Waals surface area contributed by atoms with Gasteiger partial charge in [-0.15, -0.1) is 11.3 Å². The van der Waals surface area contributed by atoms with E-state index in [0.29, 0.717) is 18.9 Å². The molecule has 0 fully saturated rings. The first-order chi connectivity index (χ1) is 7.15. The van der Waals surface area contributed by atoms with E-state index in [1.54, 1.807) is 17.5 Å². The van der Waals surface area contributed by atoms with Crippen LogP contribution >= 0.6 is 11.3 Å². The van der Waals surface area contributed by atoms with Crippen LogP contribution < -0.4 is 0 Å². The van der Waals surface area contributed by atoms with Crippen molar-refractivity contribution in [1.29, 1.82) is 0 Å². The fourth-order valence-electron chi connectivity index (χ4n) is 1.59. The van der Waals surface area contributed by atoms with Crippen molar-refractivity contribution < 1.29 is 9.84 Å². The van der Waals surface area contributed by atoms with E-state index in [0.717, 1.165) is 5.01 Å². The summed E-state index contributed by atoms with van der Waals surface area (Å²) in [4.78, 5) is 4.16. The van der Waals surface area contributed by atoms with Gasteiger partial charge in [0, 0.05) is 24.6 Å². The first-order valence-electron chi connectivity index (χ1n) is 5.33. The third-order valence-electron chi connectivity index (χ3n) is 2.26. The van der Waals surface area contributed by atoms with Crippen LogP contribution in [0.1, 0.15) is 25.8 Å². The van der Waals surface area contributed by atoms with Gasteiger partial charge in [0.25, 0.3) is 0 Å². The Balaban J connectivity index is 2.52. The molecular weight excluding hydrogens is 210 g/mol. The lowest BCUT2D eigenvalue weighted by molar-refractivity contribution is -0.0562. The summed E-state index contributed by atoms with van der Waals surface area (Å²) in [6.07, 6.45) is 1.79. The fraction of sp³-hybridized carbons (Fsp3) is 0.727. The summed E-state index contributed by atoms with van der Waals surface area (Å²) in [7, 11) is 0. The number of aliphatic hydroxyl groups is 1. The lowest BCUT2D eigenvalue weighted by atomic mass is 9.99. The Morgan fingerprint density at radius 2 is 2.27 bits per heavy atom. The molecule has 0 aliphatic carbocycles. The van der Waals surface area contributed by atoms with E-state index < -0.39 is 6.10 Å². The van der Waals surface area contributed by atoms with E-state index >= 15 is 0 Å². The standard InChI is InChI=1S/C11H19NO2S/c1-4-14-11(8(2)3)9(13)7-10-12-5-6-15-10/h5-6,8-9,11,13H,4,7H2,1-3H3. The van der Waals surface area contributed by atoms with Gasteiger partial charge in [0.1, 0.15) is 0 Å². The van der Waals surface area contributed by atoms with E-state index in [9.17, 15) is 5.11 Å². The van der Waals surface area contributed by atoms with Gasteiger partial charge in [-0.3, -0.25) is 0 Å². The van der Waals surface area contributed by atoms with Crippen LogP contribution in [0.25, 0.3) is 0 Å². The Labute approximate surface area is 95.1 Å². The maximum absolute atomic E-state index is 10.0. The molecule has 0 amide bonds. The minimum Gasteiger partial charge on any atom is -0.390 e. The van der Waals surface area contributed by atoms with E-state index in [-0.39, 0.29) is 6.10 Å². The molecule has 1 N–H and O–H groups in total. The predicted octanol–water partition coefficient (Wildman–Crippen LogP) is 2.11. The monoisotopic (exact) mass is 229 g/mol. The molecule has 2 unspecified atom stereocenters. The molecule has 3 nitrogen and oxygen atoms in total. The molecule has 15 heavy (non-hydrogen) atoms. The molecule has 1 aromatic heterocycles. The van der Waals surface area contributed by atoms with Gasteiger partial charge in [0.15, 0.2) is 0 Å². The second kappa shape index (κ2) is 6.20. The molecule has 0 saturated heterocycles. The molecular formula is C11H19NO2S. The second-order valence-corrected chi connectivity index (χ2v) is 4.84. The second-order valence-electron chi connectivity index (χ2n) is 3.86. The number of nitrogens with zero attached hydrogens (tertiary/aromatic N) is 1. The smallest absolute Gasteiger partial charge is 0.0951 e. The van der Waals surface area contributed by atoms with Crippen molar-refractivity contribution in [2.75, 3.05) is 6.61 Å². The van der Waals surface area contributed by atoms with E-state index in [4.69, 9.17) is 4.74 Å². The Hall–Kier alpha value is -0.450. The summed E-state index contributed by atoms with van der Waals surface area (Å²) in [6, 6.07) is 0. The summed E-state index contributed by atoms with van der Waals surface area (Å²) in [6.45, 7) is 6.71. The van der Waals surface area contributed by atoms with Gasteiger partial charge in [0.05, 0.1) is 17.2 Å². The van der Waals surface area contributed by atoms with Crippen LogP contribution in [0, 0.1) is 5.92 Å². The summed E-state index contributed by atoms with van der Waals surface area (Å²) >= 11 is 1.57. The van der Waals surface area contributed by atoms with Gasteiger partial charge in [-0.25, -0.2) is 4.98 Å². The van der Waals surface area contributed by atoms with Crippen molar-refractivity contribution in [2.24, 2.45) is 5.92 Å². The molecule has 1 aromatic rings. The molecule has 1 rings (SSSR count). The molecule has 0 radical (unpaired) electrons. The van der Waals surface area contributed by atoms with Crippen LogP contribution in [-0.2, 0) is 11.2 Å². The minimum atomic E-state index is -0.462. The molecule has 0 bridgehead atoms. The number of hydrogen-bond acceptors (Lipinski definition) is 4. The zero-order chi connectivity index (χ0) is 11.3. The normalized spacial score (nSPS) is 15.5. The van der Waals surface area contributed by atoms with Gasteiger partial charge < -0.3 is 9.84 Å². The first kappa shape index (κ1) is 12.6. The van der Waals surface area contributed by atoms with Crippen LogP contribution in [0.4, 0.5) is 0 Å². The fourth-order valence-corrected chi connectivity index (χ4v) is 2.26. The van der Waals surface area contributed by atoms with Crippen molar-refractivity contribution in [3.05, 3.63) is 16.6 Å². The molecule has 1 heterocycles. The SMILES string of the molecule is CCOC(C(C)C)C(O)Cc1nccs1. The van der Waals surface area contributed by atoms with Crippen molar-refractivity contribution >= 4 is 11.3 Å². The minimum absolute atomic E-state index is 0.0982. The largest absolute Gasteiger partial charge is 0.390 e. The highest BCUT2D eigenvalue weighted by atomic mass is 32.1.